The lowest BCUT2D eigenvalue weighted by Crippen LogP contribution is -2.50. The maximum atomic E-state index is 12.8. The van der Waals surface area contributed by atoms with Gasteiger partial charge in [0.05, 0.1) is 12.0 Å². The first-order valence-electron chi connectivity index (χ1n) is 10.2. The SMILES string of the molecule is CC(C)(C)OC(=O)N1C(=O)C(C=O)C[C@H]1C(C)(C)c1ccc(-c2ccccc2)cc1. The molecule has 1 unspecified atom stereocenters. The largest absolute Gasteiger partial charge is 0.443 e. The zero-order chi connectivity index (χ0) is 22.1. The van der Waals surface area contributed by atoms with E-state index in [0.29, 0.717) is 6.29 Å². The van der Waals surface area contributed by atoms with Gasteiger partial charge in [-0.2, -0.15) is 0 Å². The third-order valence-corrected chi connectivity index (χ3v) is 5.67. The Morgan fingerprint density at radius 1 is 0.967 bits per heavy atom. The summed E-state index contributed by atoms with van der Waals surface area (Å²) in [5, 5.41) is 0. The van der Waals surface area contributed by atoms with Gasteiger partial charge in [0.25, 0.3) is 0 Å². The highest BCUT2D eigenvalue weighted by molar-refractivity contribution is 6.02. The first-order valence-corrected chi connectivity index (χ1v) is 10.2. The molecule has 30 heavy (non-hydrogen) atoms. The monoisotopic (exact) mass is 407 g/mol. The molecule has 2 amide bonds. The van der Waals surface area contributed by atoms with E-state index < -0.39 is 35.0 Å². The van der Waals surface area contributed by atoms with Gasteiger partial charge in [-0.15, -0.1) is 0 Å². The van der Waals surface area contributed by atoms with Gasteiger partial charge in [-0.1, -0.05) is 68.4 Å². The van der Waals surface area contributed by atoms with Gasteiger partial charge in [-0.3, -0.25) is 4.79 Å². The Hall–Kier alpha value is -2.95. The van der Waals surface area contributed by atoms with Crippen molar-refractivity contribution < 1.29 is 19.1 Å². The molecule has 0 aromatic heterocycles. The summed E-state index contributed by atoms with van der Waals surface area (Å²) in [7, 11) is 0. The molecule has 5 heteroatoms. The highest BCUT2D eigenvalue weighted by atomic mass is 16.6. The molecule has 5 nitrogen and oxygen atoms in total. The first kappa shape index (κ1) is 21.8. The van der Waals surface area contributed by atoms with Crippen molar-refractivity contribution in [2.24, 2.45) is 5.92 Å². The fourth-order valence-electron chi connectivity index (χ4n) is 3.95. The quantitative estimate of drug-likeness (QED) is 0.529. The van der Waals surface area contributed by atoms with Crippen molar-refractivity contribution in [2.75, 3.05) is 0 Å². The lowest BCUT2D eigenvalue weighted by Gasteiger charge is -2.37. The summed E-state index contributed by atoms with van der Waals surface area (Å²) in [6.45, 7) is 9.25. The van der Waals surface area contributed by atoms with Crippen LogP contribution in [0.5, 0.6) is 0 Å². The number of hydrogen-bond donors (Lipinski definition) is 0. The maximum Gasteiger partial charge on any atom is 0.417 e. The van der Waals surface area contributed by atoms with Crippen molar-refractivity contribution in [3.8, 4) is 11.1 Å². The fraction of sp³-hybridized carbons (Fsp3) is 0.400. The van der Waals surface area contributed by atoms with Crippen LogP contribution in [0, 0.1) is 5.92 Å². The van der Waals surface area contributed by atoms with Gasteiger partial charge in [0.15, 0.2) is 0 Å². The van der Waals surface area contributed by atoms with Gasteiger partial charge in [0, 0.05) is 5.41 Å². The number of aldehydes is 1. The van der Waals surface area contributed by atoms with Gasteiger partial charge in [0.1, 0.15) is 11.9 Å². The number of amides is 2. The van der Waals surface area contributed by atoms with Gasteiger partial charge < -0.3 is 9.53 Å². The van der Waals surface area contributed by atoms with Gasteiger partial charge in [0.2, 0.25) is 5.91 Å². The van der Waals surface area contributed by atoms with E-state index in [1.807, 2.05) is 56.3 Å². The molecule has 3 rings (SSSR count). The van der Waals surface area contributed by atoms with Crippen LogP contribution in [0.1, 0.15) is 46.6 Å². The summed E-state index contributed by atoms with van der Waals surface area (Å²) in [5.74, 6) is -1.32. The van der Waals surface area contributed by atoms with Crippen LogP contribution in [0.3, 0.4) is 0 Å². The zero-order valence-electron chi connectivity index (χ0n) is 18.2. The van der Waals surface area contributed by atoms with Crippen LogP contribution in [0.25, 0.3) is 11.1 Å². The predicted molar refractivity (Wildman–Crippen MR) is 116 cm³/mol. The molecule has 158 valence electrons. The average Bonchev–Trinajstić information content (AvgIpc) is 3.05. The predicted octanol–water partition coefficient (Wildman–Crippen LogP) is 4.98. The van der Waals surface area contributed by atoms with E-state index in [1.165, 1.54) is 0 Å². The van der Waals surface area contributed by atoms with Crippen molar-refractivity contribution in [3.63, 3.8) is 0 Å². The summed E-state index contributed by atoms with van der Waals surface area (Å²) in [5.41, 5.74) is 1.91. The molecule has 0 bridgehead atoms. The highest BCUT2D eigenvalue weighted by Gasteiger charge is 2.51. The van der Waals surface area contributed by atoms with Crippen LogP contribution < -0.4 is 0 Å². The molecular formula is C25H29NO4. The molecule has 0 saturated carbocycles. The lowest BCUT2D eigenvalue weighted by atomic mass is 9.75. The third-order valence-electron chi connectivity index (χ3n) is 5.67. The van der Waals surface area contributed by atoms with Crippen LogP contribution in [-0.4, -0.2) is 34.8 Å². The minimum absolute atomic E-state index is 0.287. The van der Waals surface area contributed by atoms with Gasteiger partial charge in [-0.05, 0) is 43.9 Å². The average molecular weight is 408 g/mol. The fourth-order valence-corrected chi connectivity index (χ4v) is 3.95. The van der Waals surface area contributed by atoms with Crippen molar-refractivity contribution >= 4 is 18.3 Å². The summed E-state index contributed by atoms with van der Waals surface area (Å²) >= 11 is 0. The number of rotatable bonds is 4. The van der Waals surface area contributed by atoms with Crippen molar-refractivity contribution in [1.82, 2.24) is 4.90 Å². The van der Waals surface area contributed by atoms with E-state index in [4.69, 9.17) is 4.74 Å². The Labute approximate surface area is 178 Å². The molecular weight excluding hydrogens is 378 g/mol. The second-order valence-corrected chi connectivity index (χ2v) is 9.35. The van der Waals surface area contributed by atoms with Crippen LogP contribution in [0.4, 0.5) is 4.79 Å². The van der Waals surface area contributed by atoms with Gasteiger partial charge in [-0.25, -0.2) is 9.69 Å². The smallest absolute Gasteiger partial charge is 0.417 e. The molecule has 0 aliphatic carbocycles. The molecule has 1 fully saturated rings. The van der Waals surface area contributed by atoms with E-state index >= 15 is 0 Å². The number of benzene rings is 2. The Kier molecular flexibility index (Phi) is 5.84. The highest BCUT2D eigenvalue weighted by Crippen LogP contribution is 2.40. The van der Waals surface area contributed by atoms with Crippen LogP contribution in [0.2, 0.25) is 0 Å². The molecule has 0 N–H and O–H groups in total. The molecule has 2 aromatic carbocycles. The third kappa shape index (κ3) is 4.30. The van der Waals surface area contributed by atoms with Crippen LogP contribution in [-0.2, 0) is 19.7 Å². The van der Waals surface area contributed by atoms with Crippen molar-refractivity contribution in [2.45, 2.75) is 58.1 Å². The minimum atomic E-state index is -0.828. The summed E-state index contributed by atoms with van der Waals surface area (Å²) < 4.78 is 5.47. The minimum Gasteiger partial charge on any atom is -0.443 e. The molecule has 1 saturated heterocycles. The number of imide groups is 1. The van der Waals surface area contributed by atoms with E-state index in [0.717, 1.165) is 21.6 Å². The Morgan fingerprint density at radius 2 is 1.53 bits per heavy atom. The van der Waals surface area contributed by atoms with E-state index in [-0.39, 0.29) is 6.42 Å². The standard InChI is InChI=1S/C25H29NO4/c1-24(2,3)30-23(29)26-21(15-19(16-27)22(26)28)25(4,5)20-13-11-18(12-14-20)17-9-7-6-8-10-17/h6-14,16,19,21H,15H2,1-5H3/t19?,21-/m0/s1. The number of nitrogens with zero attached hydrogens (tertiary/aromatic N) is 1. The Morgan fingerprint density at radius 3 is 2.07 bits per heavy atom. The number of carbonyl (C=O) groups is 3. The zero-order valence-corrected chi connectivity index (χ0v) is 18.2. The molecule has 1 heterocycles. The topological polar surface area (TPSA) is 63.7 Å². The molecule has 1 aliphatic heterocycles. The summed E-state index contributed by atoms with van der Waals surface area (Å²) in [6.07, 6.45) is 0.222. The van der Waals surface area contributed by atoms with Crippen LogP contribution in [0.15, 0.2) is 54.6 Å². The summed E-state index contributed by atoms with van der Waals surface area (Å²) in [4.78, 5) is 38.2. The summed E-state index contributed by atoms with van der Waals surface area (Å²) in [6, 6.07) is 17.7. The molecule has 2 aromatic rings. The molecule has 0 radical (unpaired) electrons. The Balaban J connectivity index is 1.93. The van der Waals surface area contributed by atoms with E-state index in [2.05, 4.69) is 12.1 Å². The maximum absolute atomic E-state index is 12.8. The lowest BCUT2D eigenvalue weighted by molar-refractivity contribution is -0.133. The van der Waals surface area contributed by atoms with Gasteiger partial charge >= 0.3 is 6.09 Å². The molecule has 1 aliphatic rings. The second kappa shape index (κ2) is 8.05. The second-order valence-electron chi connectivity index (χ2n) is 9.35. The number of hydrogen-bond acceptors (Lipinski definition) is 4. The number of ether oxygens (including phenoxy) is 1. The number of likely N-dealkylation sites (tertiary alicyclic amines) is 1. The van der Waals surface area contributed by atoms with E-state index in [1.54, 1.807) is 20.8 Å². The first-order chi connectivity index (χ1) is 14.0. The molecule has 2 atom stereocenters. The normalized spacial score (nSPS) is 19.6. The van der Waals surface area contributed by atoms with Crippen molar-refractivity contribution in [3.05, 3.63) is 60.2 Å². The van der Waals surface area contributed by atoms with Crippen molar-refractivity contribution in [1.29, 1.82) is 0 Å². The Bertz CT molecular complexity index is 926. The number of carbonyl (C=O) groups excluding carboxylic acids is 3. The van der Waals surface area contributed by atoms with E-state index in [9.17, 15) is 14.4 Å². The van der Waals surface area contributed by atoms with Crippen LogP contribution >= 0.6 is 0 Å². The molecule has 0 spiro atoms.